The van der Waals surface area contributed by atoms with Crippen molar-refractivity contribution in [3.05, 3.63) is 58.9 Å². The van der Waals surface area contributed by atoms with Crippen molar-refractivity contribution in [3.63, 3.8) is 0 Å². The SMILES string of the molecule is Cc1cc(C)c(S(=O)(=O)Nc2ccc(F)cc2)c(C)c1. The molecule has 106 valence electrons. The molecule has 0 spiro atoms. The van der Waals surface area contributed by atoms with Crippen molar-refractivity contribution in [1.82, 2.24) is 0 Å². The van der Waals surface area contributed by atoms with Gasteiger partial charge in [-0.05, 0) is 56.2 Å². The Hall–Kier alpha value is -1.88. The summed E-state index contributed by atoms with van der Waals surface area (Å²) in [5, 5.41) is 0. The molecule has 3 nitrogen and oxygen atoms in total. The Labute approximate surface area is 118 Å². The summed E-state index contributed by atoms with van der Waals surface area (Å²) in [6, 6.07) is 8.87. The van der Waals surface area contributed by atoms with Gasteiger partial charge >= 0.3 is 0 Å². The number of halogens is 1. The Balaban J connectivity index is 2.43. The van der Waals surface area contributed by atoms with E-state index in [0.717, 1.165) is 5.56 Å². The van der Waals surface area contributed by atoms with Crippen LogP contribution in [0, 0.1) is 26.6 Å². The number of nitrogens with one attached hydrogen (secondary N) is 1. The molecule has 0 aliphatic carbocycles. The molecular formula is C15H16FNO2S. The van der Waals surface area contributed by atoms with Crippen LogP contribution in [0.1, 0.15) is 16.7 Å². The molecule has 0 heterocycles. The second kappa shape index (κ2) is 5.25. The second-order valence-electron chi connectivity index (χ2n) is 4.84. The van der Waals surface area contributed by atoms with Gasteiger partial charge in [-0.2, -0.15) is 0 Å². The summed E-state index contributed by atoms with van der Waals surface area (Å²) in [5.41, 5.74) is 2.74. The normalized spacial score (nSPS) is 11.4. The van der Waals surface area contributed by atoms with E-state index in [1.807, 2.05) is 19.1 Å². The van der Waals surface area contributed by atoms with Gasteiger partial charge in [-0.15, -0.1) is 0 Å². The molecule has 0 radical (unpaired) electrons. The molecule has 0 aliphatic heterocycles. The molecule has 0 fully saturated rings. The van der Waals surface area contributed by atoms with E-state index in [9.17, 15) is 12.8 Å². The molecule has 0 aliphatic rings. The summed E-state index contributed by atoms with van der Waals surface area (Å²) in [6.45, 7) is 5.45. The molecule has 0 atom stereocenters. The summed E-state index contributed by atoms with van der Waals surface area (Å²) >= 11 is 0. The molecule has 2 aromatic rings. The smallest absolute Gasteiger partial charge is 0.262 e. The predicted octanol–water partition coefficient (Wildman–Crippen LogP) is 3.55. The summed E-state index contributed by atoms with van der Waals surface area (Å²) in [4.78, 5) is 0.271. The van der Waals surface area contributed by atoms with E-state index in [1.54, 1.807) is 13.8 Å². The van der Waals surface area contributed by atoms with Gasteiger partial charge in [0.2, 0.25) is 0 Å². The highest BCUT2D eigenvalue weighted by atomic mass is 32.2. The first-order chi connectivity index (χ1) is 9.29. The standard InChI is InChI=1S/C15H16FNO2S/c1-10-8-11(2)15(12(3)9-10)20(18,19)17-14-6-4-13(16)5-7-14/h4-9,17H,1-3H3. The van der Waals surface area contributed by atoms with Crippen LogP contribution in [-0.4, -0.2) is 8.42 Å². The van der Waals surface area contributed by atoms with Crippen molar-refractivity contribution in [1.29, 1.82) is 0 Å². The molecule has 0 unspecified atom stereocenters. The first kappa shape index (κ1) is 14.5. The molecular weight excluding hydrogens is 277 g/mol. The van der Waals surface area contributed by atoms with Gasteiger partial charge in [0.05, 0.1) is 4.90 Å². The van der Waals surface area contributed by atoms with Crippen LogP contribution in [0.5, 0.6) is 0 Å². The van der Waals surface area contributed by atoms with Crippen LogP contribution < -0.4 is 4.72 Å². The topological polar surface area (TPSA) is 46.2 Å². The number of anilines is 1. The summed E-state index contributed by atoms with van der Waals surface area (Å²) < 4.78 is 40.2. The average Bonchev–Trinajstić information content (AvgIpc) is 2.30. The third-order valence-corrected chi connectivity index (χ3v) is 4.66. The van der Waals surface area contributed by atoms with Crippen LogP contribution >= 0.6 is 0 Å². The fourth-order valence-electron chi connectivity index (χ4n) is 2.31. The molecule has 5 heteroatoms. The monoisotopic (exact) mass is 293 g/mol. The Bertz CT molecular complexity index is 714. The van der Waals surface area contributed by atoms with Gasteiger partial charge in [0.25, 0.3) is 10.0 Å². The Morgan fingerprint density at radius 1 is 0.950 bits per heavy atom. The zero-order chi connectivity index (χ0) is 14.9. The van der Waals surface area contributed by atoms with Gasteiger partial charge in [0.15, 0.2) is 0 Å². The molecule has 0 saturated carbocycles. The quantitative estimate of drug-likeness (QED) is 0.940. The number of sulfonamides is 1. The van der Waals surface area contributed by atoms with Crippen molar-refractivity contribution in [3.8, 4) is 0 Å². The van der Waals surface area contributed by atoms with E-state index in [0.29, 0.717) is 16.8 Å². The fraction of sp³-hybridized carbons (Fsp3) is 0.200. The fourth-order valence-corrected chi connectivity index (χ4v) is 3.83. The maximum atomic E-state index is 12.8. The second-order valence-corrected chi connectivity index (χ2v) is 6.46. The van der Waals surface area contributed by atoms with Gasteiger partial charge in [0.1, 0.15) is 5.82 Å². The maximum Gasteiger partial charge on any atom is 0.262 e. The van der Waals surface area contributed by atoms with Crippen molar-refractivity contribution in [2.75, 3.05) is 4.72 Å². The van der Waals surface area contributed by atoms with Crippen molar-refractivity contribution in [2.45, 2.75) is 25.7 Å². The summed E-state index contributed by atoms with van der Waals surface area (Å²) in [7, 11) is -3.68. The van der Waals surface area contributed by atoms with Crippen LogP contribution in [0.2, 0.25) is 0 Å². The van der Waals surface area contributed by atoms with Crippen molar-refractivity contribution < 1.29 is 12.8 Å². The molecule has 0 saturated heterocycles. The van der Waals surface area contributed by atoms with Crippen LogP contribution in [0.15, 0.2) is 41.3 Å². The lowest BCUT2D eigenvalue weighted by atomic mass is 10.1. The predicted molar refractivity (Wildman–Crippen MR) is 77.9 cm³/mol. The van der Waals surface area contributed by atoms with E-state index < -0.39 is 15.8 Å². The molecule has 2 aromatic carbocycles. The summed E-state index contributed by atoms with van der Waals surface area (Å²) in [6.07, 6.45) is 0. The maximum absolute atomic E-state index is 12.8. The Morgan fingerprint density at radius 2 is 1.45 bits per heavy atom. The number of rotatable bonds is 3. The van der Waals surface area contributed by atoms with Crippen molar-refractivity contribution in [2.24, 2.45) is 0 Å². The average molecular weight is 293 g/mol. The van der Waals surface area contributed by atoms with Gasteiger partial charge < -0.3 is 0 Å². The third kappa shape index (κ3) is 2.99. The van der Waals surface area contributed by atoms with Crippen LogP contribution in [-0.2, 0) is 10.0 Å². The number of benzene rings is 2. The van der Waals surface area contributed by atoms with Gasteiger partial charge in [-0.3, -0.25) is 4.72 Å². The van der Waals surface area contributed by atoms with E-state index in [2.05, 4.69) is 4.72 Å². The first-order valence-corrected chi connectivity index (χ1v) is 7.64. The minimum absolute atomic E-state index is 0.271. The van der Waals surface area contributed by atoms with Crippen LogP contribution in [0.25, 0.3) is 0 Å². The van der Waals surface area contributed by atoms with Crippen LogP contribution in [0.4, 0.5) is 10.1 Å². The zero-order valence-electron chi connectivity index (χ0n) is 11.6. The highest BCUT2D eigenvalue weighted by molar-refractivity contribution is 7.92. The third-order valence-electron chi connectivity index (χ3n) is 2.97. The highest BCUT2D eigenvalue weighted by Crippen LogP contribution is 2.24. The lowest BCUT2D eigenvalue weighted by Crippen LogP contribution is -2.15. The number of hydrogen-bond donors (Lipinski definition) is 1. The van der Waals surface area contributed by atoms with E-state index in [4.69, 9.17) is 0 Å². The minimum Gasteiger partial charge on any atom is -0.280 e. The number of aryl methyl sites for hydroxylation is 3. The zero-order valence-corrected chi connectivity index (χ0v) is 12.4. The molecule has 20 heavy (non-hydrogen) atoms. The first-order valence-electron chi connectivity index (χ1n) is 6.16. The summed E-state index contributed by atoms with van der Waals surface area (Å²) in [5.74, 6) is -0.407. The molecule has 0 amide bonds. The van der Waals surface area contributed by atoms with E-state index >= 15 is 0 Å². The van der Waals surface area contributed by atoms with Crippen molar-refractivity contribution >= 4 is 15.7 Å². The lowest BCUT2D eigenvalue weighted by Gasteiger charge is -2.13. The molecule has 2 rings (SSSR count). The molecule has 0 bridgehead atoms. The van der Waals surface area contributed by atoms with E-state index in [-0.39, 0.29) is 4.90 Å². The lowest BCUT2D eigenvalue weighted by molar-refractivity contribution is 0.599. The van der Waals surface area contributed by atoms with Gasteiger partial charge in [0, 0.05) is 5.69 Å². The molecule has 1 N–H and O–H groups in total. The Morgan fingerprint density at radius 3 is 1.95 bits per heavy atom. The number of hydrogen-bond acceptors (Lipinski definition) is 2. The van der Waals surface area contributed by atoms with Crippen LogP contribution in [0.3, 0.4) is 0 Å². The largest absolute Gasteiger partial charge is 0.280 e. The molecule has 0 aromatic heterocycles. The highest BCUT2D eigenvalue weighted by Gasteiger charge is 2.19. The Kier molecular flexibility index (Phi) is 3.81. The van der Waals surface area contributed by atoms with Gasteiger partial charge in [-0.1, -0.05) is 17.7 Å². The van der Waals surface area contributed by atoms with Gasteiger partial charge in [-0.25, -0.2) is 12.8 Å². The van der Waals surface area contributed by atoms with E-state index in [1.165, 1.54) is 24.3 Å². The minimum atomic E-state index is -3.68.